The zero-order valence-electron chi connectivity index (χ0n) is 21.8. The van der Waals surface area contributed by atoms with Crippen LogP contribution in [0, 0.1) is 19.7 Å². The topological polar surface area (TPSA) is 67.9 Å². The summed E-state index contributed by atoms with van der Waals surface area (Å²) >= 11 is 0. The minimum atomic E-state index is -1.00. The first-order chi connectivity index (χ1) is 18.4. The van der Waals surface area contributed by atoms with E-state index in [-0.39, 0.29) is 17.9 Å². The fraction of sp³-hybridized carbons (Fsp3) is 0.355. The van der Waals surface area contributed by atoms with Crippen LogP contribution in [0.4, 0.5) is 10.1 Å². The third-order valence-corrected chi connectivity index (χ3v) is 7.26. The Kier molecular flexibility index (Phi) is 7.63. The van der Waals surface area contributed by atoms with Crippen molar-refractivity contribution in [2.45, 2.75) is 58.0 Å². The molecule has 3 aromatic carbocycles. The number of aryl methyl sites for hydroxylation is 2. The number of rotatable bonds is 6. The van der Waals surface area contributed by atoms with Crippen LogP contribution < -0.4 is 19.7 Å². The van der Waals surface area contributed by atoms with E-state index in [0.29, 0.717) is 41.5 Å². The van der Waals surface area contributed by atoms with Crippen molar-refractivity contribution in [3.05, 3.63) is 88.7 Å². The number of ether oxygens (including phenoxy) is 2. The number of nitrogens with zero attached hydrogens (tertiary/aromatic N) is 1. The highest BCUT2D eigenvalue weighted by Gasteiger charge is 2.36. The third kappa shape index (κ3) is 5.52. The average molecular weight is 517 g/mol. The van der Waals surface area contributed by atoms with E-state index in [0.717, 1.165) is 43.2 Å². The van der Waals surface area contributed by atoms with Crippen molar-refractivity contribution in [1.82, 2.24) is 5.32 Å². The molecule has 1 atom stereocenters. The number of carbonyl (C=O) groups excluding carboxylic acids is 2. The van der Waals surface area contributed by atoms with Crippen LogP contribution in [-0.4, -0.2) is 31.1 Å². The van der Waals surface area contributed by atoms with Gasteiger partial charge < -0.3 is 14.8 Å². The lowest BCUT2D eigenvalue weighted by molar-refractivity contribution is -0.123. The summed E-state index contributed by atoms with van der Waals surface area (Å²) in [5.41, 5.74) is 3.41. The first-order valence-electron chi connectivity index (χ1n) is 13.3. The van der Waals surface area contributed by atoms with Gasteiger partial charge in [-0.3, -0.25) is 14.5 Å². The van der Waals surface area contributed by atoms with Gasteiger partial charge in [0.2, 0.25) is 5.91 Å². The lowest BCUT2D eigenvalue weighted by atomic mass is 9.94. The zero-order valence-corrected chi connectivity index (χ0v) is 21.8. The number of fused-ring (bicyclic) bond motifs is 1. The summed E-state index contributed by atoms with van der Waals surface area (Å²) < 4.78 is 25.3. The second-order valence-electron chi connectivity index (χ2n) is 10.1. The molecule has 1 saturated carbocycles. The number of amides is 2. The minimum Gasteiger partial charge on any atom is -0.486 e. The van der Waals surface area contributed by atoms with E-state index in [2.05, 4.69) is 5.32 Å². The number of halogens is 1. The Bertz CT molecular complexity index is 1320. The number of nitrogens with one attached hydrogen (secondary N) is 1. The fourth-order valence-electron chi connectivity index (χ4n) is 5.35. The van der Waals surface area contributed by atoms with Gasteiger partial charge in [-0.1, -0.05) is 49.1 Å². The lowest BCUT2D eigenvalue weighted by Gasteiger charge is -2.34. The van der Waals surface area contributed by atoms with Crippen molar-refractivity contribution in [1.29, 1.82) is 0 Å². The summed E-state index contributed by atoms with van der Waals surface area (Å²) in [7, 11) is 0. The molecule has 5 rings (SSSR count). The van der Waals surface area contributed by atoms with Gasteiger partial charge in [-0.25, -0.2) is 4.39 Å². The molecule has 2 aliphatic rings. The maximum Gasteiger partial charge on any atom is 0.259 e. The van der Waals surface area contributed by atoms with E-state index in [1.807, 2.05) is 32.0 Å². The molecule has 198 valence electrons. The molecule has 0 aromatic heterocycles. The first-order valence-corrected chi connectivity index (χ1v) is 13.3. The largest absolute Gasteiger partial charge is 0.486 e. The smallest absolute Gasteiger partial charge is 0.259 e. The second kappa shape index (κ2) is 11.3. The highest BCUT2D eigenvalue weighted by molar-refractivity contribution is 6.10. The molecule has 1 heterocycles. The fourth-order valence-corrected chi connectivity index (χ4v) is 5.35. The van der Waals surface area contributed by atoms with Crippen LogP contribution in [0.1, 0.15) is 65.2 Å². The van der Waals surface area contributed by atoms with E-state index in [1.54, 1.807) is 30.3 Å². The van der Waals surface area contributed by atoms with Gasteiger partial charge in [0.1, 0.15) is 25.1 Å². The van der Waals surface area contributed by atoms with Crippen LogP contribution in [0.5, 0.6) is 11.5 Å². The minimum absolute atomic E-state index is 0.0459. The molecule has 38 heavy (non-hydrogen) atoms. The van der Waals surface area contributed by atoms with E-state index >= 15 is 0 Å². The summed E-state index contributed by atoms with van der Waals surface area (Å²) in [6.07, 6.45) is 5.08. The van der Waals surface area contributed by atoms with Crippen LogP contribution in [0.3, 0.4) is 0 Å². The van der Waals surface area contributed by atoms with Crippen molar-refractivity contribution < 1.29 is 23.5 Å². The molecule has 0 radical (unpaired) electrons. The van der Waals surface area contributed by atoms with Crippen LogP contribution in [0.25, 0.3) is 0 Å². The Labute approximate surface area is 222 Å². The highest BCUT2D eigenvalue weighted by Crippen LogP contribution is 2.36. The molecular weight excluding hydrogens is 483 g/mol. The van der Waals surface area contributed by atoms with Crippen LogP contribution in [0.2, 0.25) is 0 Å². The van der Waals surface area contributed by atoms with Crippen molar-refractivity contribution in [3.63, 3.8) is 0 Å². The van der Waals surface area contributed by atoms with Crippen molar-refractivity contribution in [2.75, 3.05) is 18.1 Å². The van der Waals surface area contributed by atoms with Gasteiger partial charge in [0.15, 0.2) is 11.5 Å². The summed E-state index contributed by atoms with van der Waals surface area (Å²) in [4.78, 5) is 29.9. The van der Waals surface area contributed by atoms with Crippen LogP contribution in [-0.2, 0) is 4.79 Å². The number of carbonyl (C=O) groups is 2. The third-order valence-electron chi connectivity index (χ3n) is 7.26. The molecule has 1 aliphatic heterocycles. The zero-order chi connectivity index (χ0) is 26.6. The summed E-state index contributed by atoms with van der Waals surface area (Å²) in [5, 5.41) is 3.20. The molecule has 3 aromatic rings. The molecule has 0 bridgehead atoms. The molecule has 0 saturated heterocycles. The second-order valence-corrected chi connectivity index (χ2v) is 10.1. The SMILES string of the molecule is Cc1ccc(N(C(=O)c2ccc3c(c2)OCCO3)[C@@H](C(=O)NC2CCCCC2)c2ccc(F)cc2)c(C)c1. The van der Waals surface area contributed by atoms with Crippen molar-refractivity contribution in [3.8, 4) is 11.5 Å². The number of anilines is 1. The summed E-state index contributed by atoms with van der Waals surface area (Å²) in [6.45, 7) is 4.75. The molecule has 1 aliphatic carbocycles. The summed E-state index contributed by atoms with van der Waals surface area (Å²) in [6, 6.07) is 15.7. The van der Waals surface area contributed by atoms with E-state index in [9.17, 15) is 14.0 Å². The van der Waals surface area contributed by atoms with Gasteiger partial charge >= 0.3 is 0 Å². The Morgan fingerprint density at radius 2 is 1.61 bits per heavy atom. The molecule has 7 heteroatoms. The van der Waals surface area contributed by atoms with Gasteiger partial charge in [-0.15, -0.1) is 0 Å². The molecular formula is C31H33FN2O4. The molecule has 6 nitrogen and oxygen atoms in total. The normalized spacial score (nSPS) is 16.0. The maximum absolute atomic E-state index is 14.3. The molecule has 1 fully saturated rings. The first kappa shape index (κ1) is 25.8. The van der Waals surface area contributed by atoms with Gasteiger partial charge in [-0.05, 0) is 74.2 Å². The molecule has 1 N–H and O–H groups in total. The molecule has 0 spiro atoms. The number of benzene rings is 3. The van der Waals surface area contributed by atoms with Crippen molar-refractivity contribution in [2.24, 2.45) is 0 Å². The van der Waals surface area contributed by atoms with Crippen LogP contribution >= 0.6 is 0 Å². The predicted molar refractivity (Wildman–Crippen MR) is 144 cm³/mol. The standard InChI is InChI=1S/C31H33FN2O4/c1-20-8-14-26(21(2)18-20)34(31(36)23-11-15-27-28(19-23)38-17-16-37-27)29(22-9-12-24(32)13-10-22)30(35)33-25-6-4-3-5-7-25/h8-15,18-19,25,29H,3-7,16-17H2,1-2H3,(H,33,35)/t29-/m1/s1. The van der Waals surface area contributed by atoms with Gasteiger partial charge in [0, 0.05) is 17.3 Å². The quantitative estimate of drug-likeness (QED) is 0.433. The van der Waals surface area contributed by atoms with Crippen molar-refractivity contribution >= 4 is 17.5 Å². The molecule has 0 unspecified atom stereocenters. The maximum atomic E-state index is 14.3. The lowest BCUT2D eigenvalue weighted by Crippen LogP contribution is -2.47. The molecule has 2 amide bonds. The van der Waals surface area contributed by atoms with Gasteiger partial charge in [0.05, 0.1) is 0 Å². The van der Waals surface area contributed by atoms with E-state index in [1.165, 1.54) is 17.0 Å². The Hall–Kier alpha value is -3.87. The summed E-state index contributed by atoms with van der Waals surface area (Å²) in [5.74, 6) is 0.0245. The number of hydrogen-bond acceptors (Lipinski definition) is 4. The Balaban J connectivity index is 1.61. The Morgan fingerprint density at radius 1 is 0.895 bits per heavy atom. The van der Waals surface area contributed by atoms with Gasteiger partial charge in [-0.2, -0.15) is 0 Å². The monoisotopic (exact) mass is 516 g/mol. The Morgan fingerprint density at radius 3 is 2.32 bits per heavy atom. The predicted octanol–water partition coefficient (Wildman–Crippen LogP) is 6.05. The van der Waals surface area contributed by atoms with E-state index < -0.39 is 11.9 Å². The average Bonchev–Trinajstić information content (AvgIpc) is 2.93. The number of hydrogen-bond donors (Lipinski definition) is 1. The van der Waals surface area contributed by atoms with Gasteiger partial charge in [0.25, 0.3) is 5.91 Å². The van der Waals surface area contributed by atoms with Crippen LogP contribution in [0.15, 0.2) is 60.7 Å². The van der Waals surface area contributed by atoms with E-state index in [4.69, 9.17) is 9.47 Å². The highest BCUT2D eigenvalue weighted by atomic mass is 19.1.